The summed E-state index contributed by atoms with van der Waals surface area (Å²) in [4.78, 5) is 8.73. The molecule has 4 nitrogen and oxygen atoms in total. The molecule has 0 unspecified atom stereocenters. The number of aromatic nitrogens is 2. The van der Waals surface area contributed by atoms with Crippen LogP contribution in [0.1, 0.15) is 11.4 Å². The summed E-state index contributed by atoms with van der Waals surface area (Å²) in [6, 6.07) is 15.6. The molecule has 2 N–H and O–H groups in total. The van der Waals surface area contributed by atoms with E-state index in [9.17, 15) is 4.39 Å². The number of anilines is 3. The van der Waals surface area contributed by atoms with Crippen LogP contribution >= 0.6 is 11.6 Å². The number of benzene rings is 2. The Labute approximate surface area is 144 Å². The van der Waals surface area contributed by atoms with Gasteiger partial charge in [0.25, 0.3) is 0 Å². The average molecular weight is 343 g/mol. The standard InChI is InChI=1S/C18H16ClFN4/c1-12-22-17(21-11-13-5-7-15(20)8-6-13)10-18(23-12)24-16-4-2-3-14(19)9-16/h2-10H,11H2,1H3,(H2,21,22,23,24). The van der Waals surface area contributed by atoms with Crippen LogP contribution in [0.2, 0.25) is 5.02 Å². The second-order valence-corrected chi connectivity index (χ2v) is 5.74. The van der Waals surface area contributed by atoms with Gasteiger partial charge in [0, 0.05) is 23.3 Å². The number of rotatable bonds is 5. The minimum atomic E-state index is -0.246. The summed E-state index contributed by atoms with van der Waals surface area (Å²) in [7, 11) is 0. The average Bonchev–Trinajstić information content (AvgIpc) is 2.54. The molecule has 0 amide bonds. The first kappa shape index (κ1) is 16.2. The van der Waals surface area contributed by atoms with E-state index in [-0.39, 0.29) is 5.82 Å². The molecule has 2 aromatic carbocycles. The van der Waals surface area contributed by atoms with Crippen LogP contribution < -0.4 is 10.6 Å². The lowest BCUT2D eigenvalue weighted by molar-refractivity contribution is 0.627. The zero-order valence-electron chi connectivity index (χ0n) is 13.1. The fourth-order valence-electron chi connectivity index (χ4n) is 2.23. The third-order valence-electron chi connectivity index (χ3n) is 3.32. The second-order valence-electron chi connectivity index (χ2n) is 5.30. The molecular weight excluding hydrogens is 327 g/mol. The minimum absolute atomic E-state index is 0.246. The van der Waals surface area contributed by atoms with Gasteiger partial charge < -0.3 is 10.6 Å². The molecule has 0 atom stereocenters. The van der Waals surface area contributed by atoms with E-state index in [0.717, 1.165) is 11.3 Å². The zero-order chi connectivity index (χ0) is 16.9. The van der Waals surface area contributed by atoms with E-state index >= 15 is 0 Å². The van der Waals surface area contributed by atoms with E-state index in [0.29, 0.717) is 29.0 Å². The SMILES string of the molecule is Cc1nc(NCc2ccc(F)cc2)cc(Nc2cccc(Cl)c2)n1. The Morgan fingerprint density at radius 2 is 1.75 bits per heavy atom. The van der Waals surface area contributed by atoms with Gasteiger partial charge in [-0.1, -0.05) is 29.8 Å². The van der Waals surface area contributed by atoms with Crippen molar-refractivity contribution in [1.82, 2.24) is 9.97 Å². The second kappa shape index (κ2) is 7.27. The van der Waals surface area contributed by atoms with Gasteiger partial charge in [0.15, 0.2) is 0 Å². The molecular formula is C18H16ClFN4. The van der Waals surface area contributed by atoms with Crippen LogP contribution in [0.5, 0.6) is 0 Å². The van der Waals surface area contributed by atoms with Crippen LogP contribution in [0.25, 0.3) is 0 Å². The summed E-state index contributed by atoms with van der Waals surface area (Å²) >= 11 is 5.99. The summed E-state index contributed by atoms with van der Waals surface area (Å²) < 4.78 is 12.9. The maximum atomic E-state index is 12.9. The van der Waals surface area contributed by atoms with Crippen molar-refractivity contribution < 1.29 is 4.39 Å². The first-order valence-electron chi connectivity index (χ1n) is 7.45. The number of nitrogens with zero attached hydrogens (tertiary/aromatic N) is 2. The van der Waals surface area contributed by atoms with Gasteiger partial charge in [-0.2, -0.15) is 0 Å². The normalized spacial score (nSPS) is 10.5. The van der Waals surface area contributed by atoms with Gasteiger partial charge in [-0.05, 0) is 42.8 Å². The number of hydrogen-bond donors (Lipinski definition) is 2. The molecule has 1 heterocycles. The number of halogens is 2. The molecule has 0 bridgehead atoms. The van der Waals surface area contributed by atoms with Crippen LogP contribution in [-0.4, -0.2) is 9.97 Å². The fourth-order valence-corrected chi connectivity index (χ4v) is 2.42. The minimum Gasteiger partial charge on any atom is -0.366 e. The van der Waals surface area contributed by atoms with E-state index in [1.807, 2.05) is 37.3 Å². The van der Waals surface area contributed by atoms with Gasteiger partial charge in [0.05, 0.1) is 0 Å². The lowest BCUT2D eigenvalue weighted by Gasteiger charge is -2.10. The lowest BCUT2D eigenvalue weighted by atomic mass is 10.2. The summed E-state index contributed by atoms with van der Waals surface area (Å²) in [5, 5.41) is 7.08. The molecule has 0 saturated carbocycles. The Morgan fingerprint density at radius 3 is 2.50 bits per heavy atom. The highest BCUT2D eigenvalue weighted by atomic mass is 35.5. The van der Waals surface area contributed by atoms with Gasteiger partial charge in [-0.3, -0.25) is 0 Å². The molecule has 0 fully saturated rings. The summed E-state index contributed by atoms with van der Waals surface area (Å²) in [5.41, 5.74) is 1.82. The van der Waals surface area contributed by atoms with E-state index in [1.165, 1.54) is 12.1 Å². The van der Waals surface area contributed by atoms with Crippen molar-refractivity contribution in [3.63, 3.8) is 0 Å². The molecule has 24 heavy (non-hydrogen) atoms. The maximum Gasteiger partial charge on any atom is 0.136 e. The fraction of sp³-hybridized carbons (Fsp3) is 0.111. The van der Waals surface area contributed by atoms with Crippen molar-refractivity contribution in [2.24, 2.45) is 0 Å². The van der Waals surface area contributed by atoms with Crippen LogP contribution in [0.15, 0.2) is 54.6 Å². The Morgan fingerprint density at radius 1 is 1.00 bits per heavy atom. The van der Waals surface area contributed by atoms with E-state index in [4.69, 9.17) is 11.6 Å². The third kappa shape index (κ3) is 4.43. The molecule has 3 aromatic rings. The van der Waals surface area contributed by atoms with Crippen LogP contribution in [0.3, 0.4) is 0 Å². The largest absolute Gasteiger partial charge is 0.366 e. The van der Waals surface area contributed by atoms with Gasteiger partial charge in [0.1, 0.15) is 23.3 Å². The maximum absolute atomic E-state index is 12.9. The summed E-state index contributed by atoms with van der Waals surface area (Å²) in [6.07, 6.45) is 0. The quantitative estimate of drug-likeness (QED) is 0.690. The molecule has 3 rings (SSSR count). The number of hydrogen-bond acceptors (Lipinski definition) is 4. The summed E-state index contributed by atoms with van der Waals surface area (Å²) in [6.45, 7) is 2.37. The Kier molecular flexibility index (Phi) is 4.91. The van der Waals surface area contributed by atoms with Gasteiger partial charge in [-0.15, -0.1) is 0 Å². The molecule has 0 aliphatic heterocycles. The first-order valence-corrected chi connectivity index (χ1v) is 7.83. The van der Waals surface area contributed by atoms with Crippen LogP contribution in [-0.2, 0) is 6.54 Å². The molecule has 0 aliphatic rings. The van der Waals surface area contributed by atoms with Crippen molar-refractivity contribution >= 4 is 28.9 Å². The molecule has 0 saturated heterocycles. The monoisotopic (exact) mass is 342 g/mol. The smallest absolute Gasteiger partial charge is 0.136 e. The highest BCUT2D eigenvalue weighted by Crippen LogP contribution is 2.20. The zero-order valence-corrected chi connectivity index (χ0v) is 13.8. The van der Waals surface area contributed by atoms with Crippen LogP contribution in [0, 0.1) is 12.7 Å². The highest BCUT2D eigenvalue weighted by Gasteiger charge is 2.03. The van der Waals surface area contributed by atoms with Crippen molar-refractivity contribution in [2.75, 3.05) is 10.6 Å². The van der Waals surface area contributed by atoms with Crippen molar-refractivity contribution in [3.05, 3.63) is 76.8 Å². The Hall–Kier alpha value is -2.66. The predicted molar refractivity (Wildman–Crippen MR) is 95.2 cm³/mol. The van der Waals surface area contributed by atoms with E-state index in [2.05, 4.69) is 20.6 Å². The molecule has 1 aromatic heterocycles. The molecule has 6 heteroatoms. The van der Waals surface area contributed by atoms with Gasteiger partial charge >= 0.3 is 0 Å². The Balaban J connectivity index is 1.72. The molecule has 122 valence electrons. The number of aryl methyl sites for hydroxylation is 1. The predicted octanol–water partition coefficient (Wildman–Crippen LogP) is 4.93. The molecule has 0 radical (unpaired) electrons. The van der Waals surface area contributed by atoms with Gasteiger partial charge in [0.2, 0.25) is 0 Å². The van der Waals surface area contributed by atoms with E-state index in [1.54, 1.807) is 12.1 Å². The number of nitrogens with one attached hydrogen (secondary N) is 2. The third-order valence-corrected chi connectivity index (χ3v) is 3.56. The van der Waals surface area contributed by atoms with Crippen molar-refractivity contribution in [2.45, 2.75) is 13.5 Å². The van der Waals surface area contributed by atoms with Crippen molar-refractivity contribution in [3.8, 4) is 0 Å². The summed E-state index contributed by atoms with van der Waals surface area (Å²) in [5.74, 6) is 1.76. The van der Waals surface area contributed by atoms with Crippen molar-refractivity contribution in [1.29, 1.82) is 0 Å². The van der Waals surface area contributed by atoms with Crippen LogP contribution in [0.4, 0.5) is 21.7 Å². The Bertz CT molecular complexity index is 837. The lowest BCUT2D eigenvalue weighted by Crippen LogP contribution is -2.05. The van der Waals surface area contributed by atoms with Gasteiger partial charge in [-0.25, -0.2) is 14.4 Å². The molecule has 0 aliphatic carbocycles. The molecule has 0 spiro atoms. The highest BCUT2D eigenvalue weighted by molar-refractivity contribution is 6.30. The van der Waals surface area contributed by atoms with E-state index < -0.39 is 0 Å². The topological polar surface area (TPSA) is 49.8 Å². The first-order chi connectivity index (χ1) is 11.6.